The second kappa shape index (κ2) is 7.77. The summed E-state index contributed by atoms with van der Waals surface area (Å²) in [6.07, 6.45) is 8.37. The molecule has 2 atom stereocenters. The predicted molar refractivity (Wildman–Crippen MR) is 81.2 cm³/mol. The zero-order chi connectivity index (χ0) is 15.2. The van der Waals surface area contributed by atoms with Crippen LogP contribution in [0.1, 0.15) is 65.7 Å². The van der Waals surface area contributed by atoms with Crippen molar-refractivity contribution in [1.82, 2.24) is 5.32 Å². The van der Waals surface area contributed by atoms with Crippen molar-refractivity contribution in [3.63, 3.8) is 0 Å². The molecule has 1 saturated carbocycles. The molecule has 4 nitrogen and oxygen atoms in total. The highest BCUT2D eigenvalue weighted by Gasteiger charge is 2.25. The Morgan fingerprint density at radius 3 is 2.40 bits per heavy atom. The van der Waals surface area contributed by atoms with Gasteiger partial charge in [0.25, 0.3) is 0 Å². The Morgan fingerprint density at radius 2 is 1.90 bits per heavy atom. The Balaban J connectivity index is 2.42. The third-order valence-electron chi connectivity index (χ3n) is 3.97. The van der Waals surface area contributed by atoms with Gasteiger partial charge in [-0.2, -0.15) is 0 Å². The average Bonchev–Trinajstić information content (AvgIpc) is 2.37. The SMILES string of the molecule is CC(C)(C)C[C@H](N)C(=O)N[C@H](C=O)CC1CCCCC1. The first-order valence-corrected chi connectivity index (χ1v) is 7.83. The van der Waals surface area contributed by atoms with Crippen molar-refractivity contribution in [1.29, 1.82) is 0 Å². The number of aldehydes is 1. The van der Waals surface area contributed by atoms with Gasteiger partial charge in [0.15, 0.2) is 0 Å². The number of hydrogen-bond acceptors (Lipinski definition) is 3. The van der Waals surface area contributed by atoms with E-state index < -0.39 is 6.04 Å². The van der Waals surface area contributed by atoms with Crippen molar-refractivity contribution in [2.24, 2.45) is 17.1 Å². The van der Waals surface area contributed by atoms with Crippen molar-refractivity contribution >= 4 is 12.2 Å². The highest BCUT2D eigenvalue weighted by molar-refractivity contribution is 5.84. The fraction of sp³-hybridized carbons (Fsp3) is 0.875. The van der Waals surface area contributed by atoms with E-state index in [1.165, 1.54) is 32.1 Å². The molecule has 0 aliphatic heterocycles. The summed E-state index contributed by atoms with van der Waals surface area (Å²) >= 11 is 0. The zero-order valence-corrected chi connectivity index (χ0v) is 13.2. The summed E-state index contributed by atoms with van der Waals surface area (Å²) in [5, 5.41) is 2.80. The van der Waals surface area contributed by atoms with E-state index in [4.69, 9.17) is 5.73 Å². The first-order chi connectivity index (χ1) is 9.31. The summed E-state index contributed by atoms with van der Waals surface area (Å²) in [7, 11) is 0. The van der Waals surface area contributed by atoms with E-state index in [2.05, 4.69) is 26.1 Å². The summed E-state index contributed by atoms with van der Waals surface area (Å²) < 4.78 is 0. The van der Waals surface area contributed by atoms with Gasteiger partial charge in [-0.15, -0.1) is 0 Å². The normalized spacial score (nSPS) is 20.2. The monoisotopic (exact) mass is 282 g/mol. The Morgan fingerprint density at radius 1 is 1.30 bits per heavy atom. The highest BCUT2D eigenvalue weighted by Crippen LogP contribution is 2.27. The number of amides is 1. The second-order valence-corrected chi connectivity index (χ2v) is 7.36. The molecule has 1 fully saturated rings. The van der Waals surface area contributed by atoms with Crippen LogP contribution in [0.25, 0.3) is 0 Å². The molecule has 20 heavy (non-hydrogen) atoms. The fourth-order valence-electron chi connectivity index (χ4n) is 2.97. The molecule has 0 aromatic rings. The lowest BCUT2D eigenvalue weighted by Crippen LogP contribution is -2.47. The molecule has 0 unspecified atom stereocenters. The first-order valence-electron chi connectivity index (χ1n) is 7.83. The van der Waals surface area contributed by atoms with Gasteiger partial charge in [-0.3, -0.25) is 4.79 Å². The molecule has 116 valence electrons. The number of rotatable bonds is 6. The highest BCUT2D eigenvalue weighted by atomic mass is 16.2. The van der Waals surface area contributed by atoms with Crippen molar-refractivity contribution in [3.05, 3.63) is 0 Å². The third-order valence-corrected chi connectivity index (χ3v) is 3.97. The second-order valence-electron chi connectivity index (χ2n) is 7.36. The Bertz CT molecular complexity index is 317. The molecule has 4 heteroatoms. The molecular formula is C16H30N2O2. The molecule has 1 aliphatic carbocycles. The van der Waals surface area contributed by atoms with Crippen LogP contribution in [-0.2, 0) is 9.59 Å². The predicted octanol–water partition coefficient (Wildman–Crippen LogP) is 2.40. The topological polar surface area (TPSA) is 72.2 Å². The van der Waals surface area contributed by atoms with Crippen LogP contribution in [0.4, 0.5) is 0 Å². The molecule has 0 saturated heterocycles. The molecule has 0 aromatic heterocycles. The minimum atomic E-state index is -0.538. The first kappa shape index (κ1) is 17.2. The minimum Gasteiger partial charge on any atom is -0.345 e. The maximum absolute atomic E-state index is 12.0. The Labute approximate surface area is 122 Å². The fourth-order valence-corrected chi connectivity index (χ4v) is 2.97. The molecule has 0 radical (unpaired) electrons. The number of hydrogen-bond donors (Lipinski definition) is 2. The van der Waals surface area contributed by atoms with Crippen LogP contribution in [0.3, 0.4) is 0 Å². The maximum Gasteiger partial charge on any atom is 0.237 e. The summed E-state index contributed by atoms with van der Waals surface area (Å²) in [6.45, 7) is 6.16. The van der Waals surface area contributed by atoms with Crippen molar-refractivity contribution in [2.75, 3.05) is 0 Å². The van der Waals surface area contributed by atoms with E-state index in [0.717, 1.165) is 12.7 Å². The van der Waals surface area contributed by atoms with Gasteiger partial charge in [0.1, 0.15) is 6.29 Å². The molecule has 0 spiro atoms. The van der Waals surface area contributed by atoms with Crippen LogP contribution in [0.15, 0.2) is 0 Å². The van der Waals surface area contributed by atoms with Gasteiger partial charge in [-0.05, 0) is 24.2 Å². The van der Waals surface area contributed by atoms with E-state index >= 15 is 0 Å². The van der Waals surface area contributed by atoms with Gasteiger partial charge in [0.05, 0.1) is 12.1 Å². The molecule has 3 N–H and O–H groups in total. The molecule has 1 amide bonds. The van der Waals surface area contributed by atoms with Gasteiger partial charge in [-0.1, -0.05) is 52.9 Å². The third kappa shape index (κ3) is 6.51. The quantitative estimate of drug-likeness (QED) is 0.735. The van der Waals surface area contributed by atoms with Crippen LogP contribution in [0.5, 0.6) is 0 Å². The largest absolute Gasteiger partial charge is 0.345 e. The van der Waals surface area contributed by atoms with Crippen molar-refractivity contribution < 1.29 is 9.59 Å². The average molecular weight is 282 g/mol. The molecule has 1 aliphatic rings. The van der Waals surface area contributed by atoms with Gasteiger partial charge in [0, 0.05) is 0 Å². The molecule has 1 rings (SSSR count). The summed E-state index contributed by atoms with van der Waals surface area (Å²) in [5.41, 5.74) is 5.92. The van der Waals surface area contributed by atoms with Crippen LogP contribution < -0.4 is 11.1 Å². The molecular weight excluding hydrogens is 252 g/mol. The van der Waals surface area contributed by atoms with Gasteiger partial charge < -0.3 is 15.8 Å². The van der Waals surface area contributed by atoms with Crippen LogP contribution in [0.2, 0.25) is 0 Å². The van der Waals surface area contributed by atoms with E-state index in [1.807, 2.05) is 0 Å². The Hall–Kier alpha value is -0.900. The zero-order valence-electron chi connectivity index (χ0n) is 13.2. The summed E-state index contributed by atoms with van der Waals surface area (Å²) in [6, 6.07) is -0.916. The summed E-state index contributed by atoms with van der Waals surface area (Å²) in [4.78, 5) is 23.2. The van der Waals surface area contributed by atoms with Gasteiger partial charge in [-0.25, -0.2) is 0 Å². The van der Waals surface area contributed by atoms with Gasteiger partial charge in [0.2, 0.25) is 5.91 Å². The van der Waals surface area contributed by atoms with E-state index in [0.29, 0.717) is 12.3 Å². The van der Waals surface area contributed by atoms with E-state index in [-0.39, 0.29) is 17.4 Å². The maximum atomic E-state index is 12.0. The minimum absolute atomic E-state index is 0.0107. The van der Waals surface area contributed by atoms with Crippen LogP contribution in [0, 0.1) is 11.3 Å². The lowest BCUT2D eigenvalue weighted by Gasteiger charge is -2.26. The van der Waals surface area contributed by atoms with Crippen molar-refractivity contribution in [3.8, 4) is 0 Å². The van der Waals surface area contributed by atoms with Gasteiger partial charge >= 0.3 is 0 Å². The standard InChI is InChI=1S/C16H30N2O2/c1-16(2,3)10-14(17)15(20)18-13(11-19)9-12-7-5-4-6-8-12/h11-14H,4-10,17H2,1-3H3,(H,18,20)/t13-,14-/m0/s1. The number of nitrogens with one attached hydrogen (secondary N) is 1. The summed E-state index contributed by atoms with van der Waals surface area (Å²) in [5.74, 6) is 0.367. The lowest BCUT2D eigenvalue weighted by atomic mass is 9.84. The van der Waals surface area contributed by atoms with Crippen LogP contribution in [-0.4, -0.2) is 24.3 Å². The molecule has 0 heterocycles. The van der Waals surface area contributed by atoms with E-state index in [1.54, 1.807) is 0 Å². The Kier molecular flexibility index (Phi) is 6.66. The molecule has 0 aromatic carbocycles. The molecule has 0 bridgehead atoms. The number of nitrogens with two attached hydrogens (primary N) is 1. The lowest BCUT2D eigenvalue weighted by molar-refractivity contribution is -0.125. The van der Waals surface area contributed by atoms with Crippen LogP contribution >= 0.6 is 0 Å². The van der Waals surface area contributed by atoms with E-state index in [9.17, 15) is 9.59 Å². The number of carbonyl (C=O) groups is 2. The smallest absolute Gasteiger partial charge is 0.237 e. The number of carbonyl (C=O) groups excluding carboxylic acids is 2. The van der Waals surface area contributed by atoms with Crippen molar-refractivity contribution in [2.45, 2.75) is 77.8 Å².